The van der Waals surface area contributed by atoms with Crippen LogP contribution in [0, 0.1) is 13.8 Å². The number of hydrogen-bond acceptors (Lipinski definition) is 3. The number of aromatic nitrogens is 3. The molecule has 0 saturated carbocycles. The van der Waals surface area contributed by atoms with Crippen molar-refractivity contribution in [3.05, 3.63) is 72.2 Å². The Balaban J connectivity index is 1.70. The second kappa shape index (κ2) is 5.49. The molecule has 24 heavy (non-hydrogen) atoms. The van der Waals surface area contributed by atoms with E-state index in [9.17, 15) is 0 Å². The van der Waals surface area contributed by atoms with Gasteiger partial charge in [0.25, 0.3) is 0 Å². The molecule has 0 amide bonds. The molecule has 4 nitrogen and oxygen atoms in total. The van der Waals surface area contributed by atoms with Crippen molar-refractivity contribution < 1.29 is 0 Å². The van der Waals surface area contributed by atoms with Crippen LogP contribution in [0.4, 0.5) is 5.82 Å². The van der Waals surface area contributed by atoms with E-state index in [0.29, 0.717) is 5.82 Å². The minimum atomic E-state index is 0.477. The van der Waals surface area contributed by atoms with Gasteiger partial charge >= 0.3 is 0 Å². The number of imidazole rings is 1. The predicted octanol–water partition coefficient (Wildman–Crippen LogP) is 4.26. The summed E-state index contributed by atoms with van der Waals surface area (Å²) in [6.45, 7) is 4.27. The highest BCUT2D eigenvalue weighted by Gasteiger charge is 2.06. The third kappa shape index (κ3) is 2.52. The quantitative estimate of drug-likeness (QED) is 0.601. The molecule has 0 fully saturated rings. The van der Waals surface area contributed by atoms with E-state index in [1.807, 2.05) is 10.6 Å². The fourth-order valence-electron chi connectivity index (χ4n) is 2.80. The van der Waals surface area contributed by atoms with E-state index in [1.165, 1.54) is 22.3 Å². The van der Waals surface area contributed by atoms with Gasteiger partial charge in [-0.3, -0.25) is 4.40 Å². The number of rotatable bonds is 2. The van der Waals surface area contributed by atoms with E-state index in [-0.39, 0.29) is 0 Å². The van der Waals surface area contributed by atoms with Gasteiger partial charge in [-0.25, -0.2) is 9.97 Å². The Bertz CT molecular complexity index is 1030. The summed E-state index contributed by atoms with van der Waals surface area (Å²) in [5.41, 5.74) is 13.6. The van der Waals surface area contributed by atoms with Crippen LogP contribution >= 0.6 is 0 Å². The summed E-state index contributed by atoms with van der Waals surface area (Å²) in [6.07, 6.45) is 3.65. The normalized spacial score (nSPS) is 11.1. The van der Waals surface area contributed by atoms with Gasteiger partial charge in [0.15, 0.2) is 0 Å². The number of aryl methyl sites for hydroxylation is 2. The van der Waals surface area contributed by atoms with Crippen LogP contribution in [0.5, 0.6) is 0 Å². The fourth-order valence-corrected chi connectivity index (χ4v) is 2.80. The van der Waals surface area contributed by atoms with Crippen LogP contribution in [-0.2, 0) is 0 Å². The highest BCUT2D eigenvalue weighted by Crippen LogP contribution is 2.26. The summed E-state index contributed by atoms with van der Waals surface area (Å²) >= 11 is 0. The Morgan fingerprint density at radius 2 is 1.54 bits per heavy atom. The molecule has 0 aliphatic heterocycles. The molecule has 4 heteroatoms. The molecule has 0 saturated heterocycles. The first-order chi connectivity index (χ1) is 11.6. The van der Waals surface area contributed by atoms with Gasteiger partial charge in [0.05, 0.1) is 5.69 Å². The van der Waals surface area contributed by atoms with Crippen molar-refractivity contribution in [2.75, 3.05) is 5.73 Å². The zero-order valence-electron chi connectivity index (χ0n) is 13.7. The fraction of sp³-hybridized carbons (Fsp3) is 0.100. The lowest BCUT2D eigenvalue weighted by atomic mass is 9.99. The number of fused-ring (bicyclic) bond motifs is 1. The molecule has 4 rings (SSSR count). The highest BCUT2D eigenvalue weighted by molar-refractivity contribution is 5.70. The second-order valence-electron chi connectivity index (χ2n) is 6.08. The van der Waals surface area contributed by atoms with Crippen LogP contribution in [0.15, 0.2) is 61.1 Å². The zero-order valence-corrected chi connectivity index (χ0v) is 13.7. The van der Waals surface area contributed by atoms with Crippen molar-refractivity contribution in [2.24, 2.45) is 0 Å². The lowest BCUT2D eigenvalue weighted by Crippen LogP contribution is -1.92. The maximum absolute atomic E-state index is 5.71. The van der Waals surface area contributed by atoms with Crippen LogP contribution in [0.25, 0.3) is 28.0 Å². The monoisotopic (exact) mass is 314 g/mol. The van der Waals surface area contributed by atoms with Gasteiger partial charge in [0, 0.05) is 17.8 Å². The number of hydrogen-bond donors (Lipinski definition) is 1. The molecule has 0 unspecified atom stereocenters. The minimum absolute atomic E-state index is 0.477. The van der Waals surface area contributed by atoms with Gasteiger partial charge in [-0.1, -0.05) is 42.5 Å². The summed E-state index contributed by atoms with van der Waals surface area (Å²) in [5, 5.41) is 0. The van der Waals surface area contributed by atoms with Gasteiger partial charge in [-0.15, -0.1) is 0 Å². The number of nitrogens with zero attached hydrogens (tertiary/aromatic N) is 3. The van der Waals surface area contributed by atoms with Gasteiger partial charge < -0.3 is 5.73 Å². The first-order valence-corrected chi connectivity index (χ1v) is 7.88. The van der Waals surface area contributed by atoms with Crippen molar-refractivity contribution in [2.45, 2.75) is 13.8 Å². The van der Waals surface area contributed by atoms with Gasteiger partial charge in [0.2, 0.25) is 0 Å². The van der Waals surface area contributed by atoms with Crippen LogP contribution < -0.4 is 5.73 Å². The van der Waals surface area contributed by atoms with Crippen molar-refractivity contribution in [1.82, 2.24) is 14.4 Å². The zero-order chi connectivity index (χ0) is 16.7. The minimum Gasteiger partial charge on any atom is -0.384 e. The van der Waals surface area contributed by atoms with Gasteiger partial charge in [-0.2, -0.15) is 0 Å². The molecule has 118 valence electrons. The van der Waals surface area contributed by atoms with Gasteiger partial charge in [-0.05, 0) is 36.1 Å². The highest BCUT2D eigenvalue weighted by atomic mass is 15.1. The smallest absolute Gasteiger partial charge is 0.142 e. The van der Waals surface area contributed by atoms with Crippen LogP contribution in [0.2, 0.25) is 0 Å². The maximum atomic E-state index is 5.71. The summed E-state index contributed by atoms with van der Waals surface area (Å²) in [6, 6.07) is 16.8. The predicted molar refractivity (Wildman–Crippen MR) is 97.7 cm³/mol. The molecule has 0 radical (unpaired) electrons. The van der Waals surface area contributed by atoms with Gasteiger partial charge in [0.1, 0.15) is 17.8 Å². The maximum Gasteiger partial charge on any atom is 0.142 e. The summed E-state index contributed by atoms with van der Waals surface area (Å²) < 4.78 is 1.88. The summed E-state index contributed by atoms with van der Waals surface area (Å²) in [4.78, 5) is 8.70. The van der Waals surface area contributed by atoms with Crippen molar-refractivity contribution in [3.63, 3.8) is 0 Å². The molecule has 0 bridgehead atoms. The molecule has 0 spiro atoms. The van der Waals surface area contributed by atoms with E-state index in [0.717, 1.165) is 16.9 Å². The molecule has 0 atom stereocenters. The third-order valence-electron chi connectivity index (χ3n) is 4.39. The summed E-state index contributed by atoms with van der Waals surface area (Å²) in [7, 11) is 0. The molecule has 0 aliphatic carbocycles. The van der Waals surface area contributed by atoms with E-state index in [4.69, 9.17) is 5.73 Å². The van der Waals surface area contributed by atoms with E-state index in [1.54, 1.807) is 12.4 Å². The first kappa shape index (κ1) is 14.5. The Kier molecular flexibility index (Phi) is 3.31. The standard InChI is InChI=1S/C20H18N4/c1-13-3-4-17(9-14(13)2)15-5-7-16(8-6-15)18-11-24-12-22-19(21)10-20(24)23-18/h3-12H,21H2,1-2H3. The van der Waals surface area contributed by atoms with Crippen LogP contribution in [-0.4, -0.2) is 14.4 Å². The summed E-state index contributed by atoms with van der Waals surface area (Å²) in [5.74, 6) is 0.477. The van der Waals surface area contributed by atoms with Crippen molar-refractivity contribution in [1.29, 1.82) is 0 Å². The lowest BCUT2D eigenvalue weighted by Gasteiger charge is -2.06. The van der Waals surface area contributed by atoms with E-state index >= 15 is 0 Å². The number of anilines is 1. The lowest BCUT2D eigenvalue weighted by molar-refractivity contribution is 1.09. The first-order valence-electron chi connectivity index (χ1n) is 7.88. The van der Waals surface area contributed by atoms with Crippen LogP contribution in [0.3, 0.4) is 0 Å². The number of benzene rings is 2. The molecular weight excluding hydrogens is 296 g/mol. The molecule has 2 heterocycles. The Morgan fingerprint density at radius 3 is 2.29 bits per heavy atom. The average Bonchev–Trinajstić information content (AvgIpc) is 3.00. The largest absolute Gasteiger partial charge is 0.384 e. The Labute approximate surface area is 140 Å². The number of nitrogen functional groups attached to an aromatic ring is 1. The van der Waals surface area contributed by atoms with Crippen molar-refractivity contribution in [3.8, 4) is 22.4 Å². The van der Waals surface area contributed by atoms with Crippen LogP contribution in [0.1, 0.15) is 11.1 Å². The SMILES string of the molecule is Cc1ccc(-c2ccc(-c3cn4cnc(N)cc4n3)cc2)cc1C. The van der Waals surface area contributed by atoms with Crippen molar-refractivity contribution >= 4 is 11.5 Å². The molecule has 2 N–H and O–H groups in total. The molecule has 4 aromatic rings. The molecule has 0 aliphatic rings. The molecule has 2 aromatic heterocycles. The number of nitrogens with two attached hydrogens (primary N) is 1. The van der Waals surface area contributed by atoms with E-state index in [2.05, 4.69) is 66.3 Å². The third-order valence-corrected chi connectivity index (χ3v) is 4.39. The topological polar surface area (TPSA) is 56.2 Å². The molecule has 2 aromatic carbocycles. The Hall–Kier alpha value is -3.14. The Morgan fingerprint density at radius 1 is 0.833 bits per heavy atom. The average molecular weight is 314 g/mol. The van der Waals surface area contributed by atoms with E-state index < -0.39 is 0 Å². The molecular formula is C20H18N4. The second-order valence-corrected chi connectivity index (χ2v) is 6.08.